The topological polar surface area (TPSA) is 41.5 Å². The zero-order valence-electron chi connectivity index (χ0n) is 16.1. The molecule has 1 aromatic heterocycles. The van der Waals surface area contributed by atoms with Crippen LogP contribution in [0.3, 0.4) is 0 Å². The van der Waals surface area contributed by atoms with Gasteiger partial charge >= 0.3 is 0 Å². The molecule has 2 fully saturated rings. The monoisotopic (exact) mass is 386 g/mol. The van der Waals surface area contributed by atoms with E-state index in [1.54, 1.807) is 7.11 Å². The molecule has 1 saturated carbocycles. The van der Waals surface area contributed by atoms with Crippen molar-refractivity contribution in [1.29, 1.82) is 0 Å². The van der Waals surface area contributed by atoms with E-state index in [9.17, 15) is 0 Å². The van der Waals surface area contributed by atoms with E-state index in [0.717, 1.165) is 60.5 Å². The van der Waals surface area contributed by atoms with Crippen LogP contribution in [-0.2, 0) is 6.54 Å². The Morgan fingerprint density at radius 3 is 2.67 bits per heavy atom. The molecule has 6 heteroatoms. The number of hydrogen-bond acceptors (Lipinski definition) is 5. The van der Waals surface area contributed by atoms with E-state index in [2.05, 4.69) is 27.9 Å². The molecule has 4 rings (SSSR count). The Bertz CT molecular complexity index is 788. The number of benzene rings is 1. The first-order chi connectivity index (χ1) is 13.2. The molecule has 27 heavy (non-hydrogen) atoms. The number of anilines is 1. The van der Waals surface area contributed by atoms with E-state index in [1.807, 2.05) is 24.4 Å². The molecule has 0 atom stereocenters. The van der Waals surface area contributed by atoms with E-state index in [-0.39, 0.29) is 0 Å². The van der Waals surface area contributed by atoms with Gasteiger partial charge in [0, 0.05) is 44.8 Å². The van der Waals surface area contributed by atoms with Gasteiger partial charge in [-0.25, -0.2) is 9.97 Å². The first-order valence-corrected chi connectivity index (χ1v) is 10.1. The third-order valence-corrected chi connectivity index (χ3v) is 6.15. The maximum atomic E-state index is 6.46. The van der Waals surface area contributed by atoms with Crippen molar-refractivity contribution in [3.63, 3.8) is 0 Å². The van der Waals surface area contributed by atoms with E-state index in [0.29, 0.717) is 12.0 Å². The lowest BCUT2D eigenvalue weighted by Gasteiger charge is -2.37. The number of methoxy groups -OCH3 is 1. The van der Waals surface area contributed by atoms with Crippen LogP contribution in [0.1, 0.15) is 43.0 Å². The van der Waals surface area contributed by atoms with Gasteiger partial charge in [0.2, 0.25) is 0 Å². The second-order valence-corrected chi connectivity index (χ2v) is 7.98. The summed E-state index contributed by atoms with van der Waals surface area (Å²) < 4.78 is 5.33. The molecule has 144 valence electrons. The molecule has 0 radical (unpaired) electrons. The van der Waals surface area contributed by atoms with Gasteiger partial charge in [-0.3, -0.25) is 4.90 Å². The fraction of sp³-hybridized carbons (Fsp3) is 0.524. The van der Waals surface area contributed by atoms with Gasteiger partial charge in [0.25, 0.3) is 0 Å². The summed E-state index contributed by atoms with van der Waals surface area (Å²) in [6.07, 6.45) is 6.63. The second kappa shape index (κ2) is 8.03. The van der Waals surface area contributed by atoms with Gasteiger partial charge in [0.15, 0.2) is 0 Å². The highest BCUT2D eigenvalue weighted by Crippen LogP contribution is 2.38. The Balaban J connectivity index is 1.35. The number of hydrogen-bond donors (Lipinski definition) is 0. The largest absolute Gasteiger partial charge is 0.495 e. The summed E-state index contributed by atoms with van der Waals surface area (Å²) in [5, 5.41) is 0.729. The number of halogens is 1. The van der Waals surface area contributed by atoms with Gasteiger partial charge in [-0.15, -0.1) is 0 Å². The average molecular weight is 387 g/mol. The van der Waals surface area contributed by atoms with Crippen molar-refractivity contribution >= 4 is 17.4 Å². The van der Waals surface area contributed by atoms with Crippen LogP contribution in [0.15, 0.2) is 30.5 Å². The minimum atomic E-state index is 0.518. The third kappa shape index (κ3) is 4.19. The van der Waals surface area contributed by atoms with E-state index in [1.165, 1.54) is 12.8 Å². The summed E-state index contributed by atoms with van der Waals surface area (Å²) in [6, 6.07) is 8.55. The van der Waals surface area contributed by atoms with Gasteiger partial charge in [0.05, 0.1) is 12.1 Å². The molecule has 1 saturated heterocycles. The number of likely N-dealkylation sites (tertiary alicyclic amines) is 1. The summed E-state index contributed by atoms with van der Waals surface area (Å²) in [6.45, 7) is 2.98. The Kier molecular flexibility index (Phi) is 5.50. The average Bonchev–Trinajstić information content (AvgIpc) is 3.55. The van der Waals surface area contributed by atoms with Crippen LogP contribution in [0, 0.1) is 0 Å². The maximum Gasteiger partial charge on any atom is 0.137 e. The standard InChI is InChI=1S/C21H27ClN4O/c1-25(19-8-11-23-21(24-19)15-6-7-15)17-9-12-26(13-10-17)14-16-4-3-5-18(27-2)20(16)22/h3-5,8,11,15,17H,6-7,9-10,12-14H2,1-2H3. The zero-order chi connectivity index (χ0) is 18.8. The maximum absolute atomic E-state index is 6.46. The third-order valence-electron chi connectivity index (χ3n) is 5.73. The fourth-order valence-corrected chi connectivity index (χ4v) is 4.09. The quantitative estimate of drug-likeness (QED) is 0.747. The van der Waals surface area contributed by atoms with Crippen LogP contribution in [-0.4, -0.2) is 48.2 Å². The minimum Gasteiger partial charge on any atom is -0.495 e. The number of ether oxygens (including phenoxy) is 1. The van der Waals surface area contributed by atoms with Crippen molar-refractivity contribution in [2.45, 2.75) is 44.2 Å². The summed E-state index contributed by atoms with van der Waals surface area (Å²) >= 11 is 6.46. The lowest BCUT2D eigenvalue weighted by atomic mass is 10.0. The number of piperidine rings is 1. The predicted octanol–water partition coefficient (Wildman–Crippen LogP) is 4.12. The van der Waals surface area contributed by atoms with Crippen LogP contribution < -0.4 is 9.64 Å². The van der Waals surface area contributed by atoms with Crippen molar-refractivity contribution in [2.75, 3.05) is 32.1 Å². The molecule has 2 heterocycles. The lowest BCUT2D eigenvalue weighted by Crippen LogP contribution is -2.43. The van der Waals surface area contributed by atoms with Crippen LogP contribution in [0.4, 0.5) is 5.82 Å². The predicted molar refractivity (Wildman–Crippen MR) is 109 cm³/mol. The van der Waals surface area contributed by atoms with Crippen molar-refractivity contribution in [1.82, 2.24) is 14.9 Å². The molecule has 2 aliphatic rings. The van der Waals surface area contributed by atoms with Gasteiger partial charge in [-0.1, -0.05) is 23.7 Å². The minimum absolute atomic E-state index is 0.518. The smallest absolute Gasteiger partial charge is 0.137 e. The SMILES string of the molecule is COc1cccc(CN2CCC(N(C)c3ccnc(C4CC4)n3)CC2)c1Cl. The van der Waals surface area contributed by atoms with Gasteiger partial charge < -0.3 is 9.64 Å². The van der Waals surface area contributed by atoms with E-state index in [4.69, 9.17) is 21.3 Å². The second-order valence-electron chi connectivity index (χ2n) is 7.60. The molecule has 0 amide bonds. The number of rotatable bonds is 6. The first-order valence-electron chi connectivity index (χ1n) is 9.75. The van der Waals surface area contributed by atoms with Crippen molar-refractivity contribution in [3.8, 4) is 5.75 Å². The van der Waals surface area contributed by atoms with Crippen molar-refractivity contribution in [2.24, 2.45) is 0 Å². The number of nitrogens with zero attached hydrogens (tertiary/aromatic N) is 4. The Labute approximate surface area is 166 Å². The van der Waals surface area contributed by atoms with E-state index < -0.39 is 0 Å². The molecule has 2 aromatic rings. The first kappa shape index (κ1) is 18.5. The molecule has 1 aliphatic heterocycles. The Morgan fingerprint density at radius 1 is 1.19 bits per heavy atom. The molecule has 0 bridgehead atoms. The van der Waals surface area contributed by atoms with Crippen molar-refractivity contribution in [3.05, 3.63) is 46.9 Å². The lowest BCUT2D eigenvalue weighted by molar-refractivity contribution is 0.203. The van der Waals surface area contributed by atoms with Crippen LogP contribution in [0.25, 0.3) is 0 Å². The summed E-state index contributed by atoms with van der Waals surface area (Å²) in [4.78, 5) is 14.0. The highest BCUT2D eigenvalue weighted by atomic mass is 35.5. The summed E-state index contributed by atoms with van der Waals surface area (Å²) in [5.74, 6) is 3.41. The van der Waals surface area contributed by atoms with Gasteiger partial charge in [-0.05, 0) is 43.4 Å². The fourth-order valence-electron chi connectivity index (χ4n) is 3.83. The highest BCUT2D eigenvalue weighted by Gasteiger charge is 2.28. The molecule has 1 aliphatic carbocycles. The molecule has 0 unspecified atom stereocenters. The summed E-state index contributed by atoms with van der Waals surface area (Å²) in [7, 11) is 3.83. The molecular weight excluding hydrogens is 360 g/mol. The molecule has 0 spiro atoms. The molecule has 0 N–H and O–H groups in total. The van der Waals surface area contributed by atoms with Crippen LogP contribution >= 0.6 is 11.6 Å². The molecule has 1 aromatic carbocycles. The highest BCUT2D eigenvalue weighted by molar-refractivity contribution is 6.32. The Morgan fingerprint density at radius 2 is 1.96 bits per heavy atom. The normalized spacial score (nSPS) is 18.5. The molecule has 5 nitrogen and oxygen atoms in total. The van der Waals surface area contributed by atoms with Crippen LogP contribution in [0.5, 0.6) is 5.75 Å². The van der Waals surface area contributed by atoms with E-state index >= 15 is 0 Å². The zero-order valence-corrected chi connectivity index (χ0v) is 16.8. The Hall–Kier alpha value is -1.85. The summed E-state index contributed by atoms with van der Waals surface area (Å²) in [5.41, 5.74) is 1.13. The van der Waals surface area contributed by atoms with Gasteiger partial charge in [-0.2, -0.15) is 0 Å². The van der Waals surface area contributed by atoms with Crippen molar-refractivity contribution < 1.29 is 4.74 Å². The van der Waals surface area contributed by atoms with Crippen LogP contribution in [0.2, 0.25) is 5.02 Å². The van der Waals surface area contributed by atoms with Gasteiger partial charge in [0.1, 0.15) is 17.4 Å². The molecular formula is C21H27ClN4O. The number of aromatic nitrogens is 2.